The first-order valence-electron chi connectivity index (χ1n) is 8.95. The molecule has 136 valence electrons. The molecular weight excluding hydrogens is 330 g/mol. The topological polar surface area (TPSA) is 74.7 Å². The molecule has 1 aromatic heterocycles. The number of rotatable bonds is 3. The van der Waals surface area contributed by atoms with Gasteiger partial charge in [0.05, 0.1) is 12.7 Å². The van der Waals surface area contributed by atoms with Crippen LogP contribution in [0.3, 0.4) is 0 Å². The SMILES string of the molecule is COc1cccc(NC(=O)N2[C@@H]3CC[C@@H]2CC(O)(c2cccnc2)C3)c1. The standard InChI is InChI=1S/C20H23N3O3/c1-26-18-6-2-5-15(10-18)22-19(24)23-16-7-8-17(23)12-20(25,11-16)14-4-3-9-21-13-14/h2-6,9-10,13,16-17,25H,7-8,11-12H2,1H3,(H,22,24)/t16-,17-/m1/s1. The third-order valence-electron chi connectivity index (χ3n) is 5.52. The second kappa shape index (κ2) is 6.61. The van der Waals surface area contributed by atoms with Gasteiger partial charge in [-0.3, -0.25) is 4.98 Å². The Morgan fingerprint density at radius 3 is 2.69 bits per heavy atom. The second-order valence-electron chi connectivity index (χ2n) is 7.14. The van der Waals surface area contributed by atoms with Crippen molar-refractivity contribution in [2.45, 2.75) is 43.4 Å². The van der Waals surface area contributed by atoms with Crippen LogP contribution in [0.25, 0.3) is 0 Å². The average molecular weight is 353 g/mol. The van der Waals surface area contributed by atoms with Crippen LogP contribution in [-0.2, 0) is 5.60 Å². The van der Waals surface area contributed by atoms with Crippen LogP contribution in [0.5, 0.6) is 5.75 Å². The number of methoxy groups -OCH3 is 1. The predicted molar refractivity (Wildman–Crippen MR) is 98.0 cm³/mol. The second-order valence-corrected chi connectivity index (χ2v) is 7.14. The number of fused-ring (bicyclic) bond motifs is 2. The van der Waals surface area contributed by atoms with Crippen molar-refractivity contribution in [3.05, 3.63) is 54.4 Å². The van der Waals surface area contributed by atoms with Crippen molar-refractivity contribution in [3.63, 3.8) is 0 Å². The Balaban J connectivity index is 1.50. The fourth-order valence-electron chi connectivity index (χ4n) is 4.32. The number of amides is 2. The Labute approximate surface area is 152 Å². The van der Waals surface area contributed by atoms with Crippen LogP contribution in [0.15, 0.2) is 48.8 Å². The minimum atomic E-state index is -0.910. The first-order valence-corrected chi connectivity index (χ1v) is 8.95. The van der Waals surface area contributed by atoms with Crippen molar-refractivity contribution in [2.75, 3.05) is 12.4 Å². The van der Waals surface area contributed by atoms with Gasteiger partial charge in [0.25, 0.3) is 0 Å². The van der Waals surface area contributed by atoms with E-state index < -0.39 is 5.60 Å². The summed E-state index contributed by atoms with van der Waals surface area (Å²) in [7, 11) is 1.60. The van der Waals surface area contributed by atoms with Crippen molar-refractivity contribution in [1.82, 2.24) is 9.88 Å². The number of hydrogen-bond donors (Lipinski definition) is 2. The number of piperidine rings is 1. The molecule has 6 nitrogen and oxygen atoms in total. The Bertz CT molecular complexity index is 782. The number of hydrogen-bond acceptors (Lipinski definition) is 4. The Morgan fingerprint density at radius 2 is 2.04 bits per heavy atom. The Morgan fingerprint density at radius 1 is 1.27 bits per heavy atom. The van der Waals surface area contributed by atoms with Crippen molar-refractivity contribution >= 4 is 11.7 Å². The van der Waals surface area contributed by atoms with Gasteiger partial charge in [-0.1, -0.05) is 12.1 Å². The number of ether oxygens (including phenoxy) is 1. The summed E-state index contributed by atoms with van der Waals surface area (Å²) >= 11 is 0. The van der Waals surface area contributed by atoms with Gasteiger partial charge in [-0.05, 0) is 31.0 Å². The monoisotopic (exact) mass is 353 g/mol. The van der Waals surface area contributed by atoms with E-state index in [9.17, 15) is 9.90 Å². The summed E-state index contributed by atoms with van der Waals surface area (Å²) in [6.45, 7) is 0. The molecule has 3 heterocycles. The summed E-state index contributed by atoms with van der Waals surface area (Å²) in [5.74, 6) is 0.704. The van der Waals surface area contributed by atoms with E-state index in [1.165, 1.54) is 0 Å². The van der Waals surface area contributed by atoms with Crippen molar-refractivity contribution < 1.29 is 14.6 Å². The summed E-state index contributed by atoms with van der Waals surface area (Å²) < 4.78 is 5.21. The Kier molecular flexibility index (Phi) is 4.28. The summed E-state index contributed by atoms with van der Waals surface area (Å²) in [5.41, 5.74) is 0.638. The normalized spacial score (nSPS) is 27.2. The zero-order valence-electron chi connectivity index (χ0n) is 14.8. The Hall–Kier alpha value is -2.60. The van der Waals surface area contributed by atoms with Crippen LogP contribution >= 0.6 is 0 Å². The predicted octanol–water partition coefficient (Wildman–Crippen LogP) is 3.14. The molecule has 2 N–H and O–H groups in total. The minimum absolute atomic E-state index is 0.0320. The van der Waals surface area contributed by atoms with Gasteiger partial charge in [0, 0.05) is 54.6 Å². The smallest absolute Gasteiger partial charge is 0.322 e. The number of aromatic nitrogens is 1. The lowest BCUT2D eigenvalue weighted by Crippen LogP contribution is -2.53. The first-order chi connectivity index (χ1) is 12.6. The number of anilines is 1. The maximum atomic E-state index is 12.9. The van der Waals surface area contributed by atoms with Crippen LogP contribution < -0.4 is 10.1 Å². The third-order valence-corrected chi connectivity index (χ3v) is 5.52. The van der Waals surface area contributed by atoms with E-state index in [-0.39, 0.29) is 18.1 Å². The van der Waals surface area contributed by atoms with Gasteiger partial charge in [0.15, 0.2) is 0 Å². The van der Waals surface area contributed by atoms with Gasteiger partial charge in [0.2, 0.25) is 0 Å². The lowest BCUT2D eigenvalue weighted by atomic mass is 9.81. The van der Waals surface area contributed by atoms with E-state index in [1.54, 1.807) is 25.6 Å². The van der Waals surface area contributed by atoms with Gasteiger partial charge in [-0.2, -0.15) is 0 Å². The molecule has 2 aromatic rings. The molecule has 2 aliphatic heterocycles. The molecule has 2 bridgehead atoms. The number of nitrogens with one attached hydrogen (secondary N) is 1. The highest BCUT2D eigenvalue weighted by Gasteiger charge is 2.50. The van der Waals surface area contributed by atoms with Crippen molar-refractivity contribution in [2.24, 2.45) is 0 Å². The largest absolute Gasteiger partial charge is 0.497 e. The number of aliphatic hydroxyl groups is 1. The quantitative estimate of drug-likeness (QED) is 0.889. The molecule has 2 atom stereocenters. The molecule has 0 unspecified atom stereocenters. The number of benzene rings is 1. The molecule has 6 heteroatoms. The highest BCUT2D eigenvalue weighted by Crippen LogP contribution is 2.45. The zero-order valence-corrected chi connectivity index (χ0v) is 14.8. The number of carbonyl (C=O) groups excluding carboxylic acids is 1. The van der Waals surface area contributed by atoms with E-state index >= 15 is 0 Å². The van der Waals surface area contributed by atoms with E-state index in [4.69, 9.17) is 4.74 Å². The molecule has 2 aliphatic rings. The van der Waals surface area contributed by atoms with E-state index in [0.717, 1.165) is 18.4 Å². The molecule has 0 radical (unpaired) electrons. The number of nitrogens with zero attached hydrogens (tertiary/aromatic N) is 2. The number of urea groups is 1. The first kappa shape index (κ1) is 16.8. The highest BCUT2D eigenvalue weighted by molar-refractivity contribution is 5.90. The number of carbonyl (C=O) groups is 1. The lowest BCUT2D eigenvalue weighted by molar-refractivity contribution is -0.0424. The zero-order chi connectivity index (χ0) is 18.1. The summed E-state index contributed by atoms with van der Waals surface area (Å²) in [6.07, 6.45) is 6.35. The molecule has 26 heavy (non-hydrogen) atoms. The van der Waals surface area contributed by atoms with Crippen LogP contribution in [0.2, 0.25) is 0 Å². The average Bonchev–Trinajstić information content (AvgIpc) is 2.95. The molecule has 2 saturated heterocycles. The fourth-order valence-corrected chi connectivity index (χ4v) is 4.32. The molecule has 0 spiro atoms. The van der Waals surface area contributed by atoms with Gasteiger partial charge in [-0.15, -0.1) is 0 Å². The molecular formula is C20H23N3O3. The highest BCUT2D eigenvalue weighted by atomic mass is 16.5. The fraction of sp³-hybridized carbons (Fsp3) is 0.400. The molecule has 1 aromatic carbocycles. The van der Waals surface area contributed by atoms with E-state index in [1.807, 2.05) is 35.2 Å². The molecule has 0 saturated carbocycles. The minimum Gasteiger partial charge on any atom is -0.497 e. The molecule has 2 fully saturated rings. The molecule has 0 aliphatic carbocycles. The molecule has 4 rings (SSSR count). The van der Waals surface area contributed by atoms with E-state index in [2.05, 4.69) is 10.3 Å². The summed E-state index contributed by atoms with van der Waals surface area (Å²) in [4.78, 5) is 18.9. The third kappa shape index (κ3) is 3.01. The summed E-state index contributed by atoms with van der Waals surface area (Å²) in [5, 5.41) is 14.1. The number of pyridine rings is 1. The van der Waals surface area contributed by atoms with Crippen LogP contribution in [-0.4, -0.2) is 40.2 Å². The van der Waals surface area contributed by atoms with Gasteiger partial charge < -0.3 is 20.1 Å². The van der Waals surface area contributed by atoms with Gasteiger partial charge >= 0.3 is 6.03 Å². The van der Waals surface area contributed by atoms with Crippen LogP contribution in [0.4, 0.5) is 10.5 Å². The lowest BCUT2D eigenvalue weighted by Gasteiger charge is -2.43. The maximum Gasteiger partial charge on any atom is 0.322 e. The molecule has 2 amide bonds. The van der Waals surface area contributed by atoms with Crippen molar-refractivity contribution in [3.8, 4) is 5.75 Å². The van der Waals surface area contributed by atoms with Crippen LogP contribution in [0, 0.1) is 0 Å². The summed E-state index contributed by atoms with van der Waals surface area (Å²) in [6, 6.07) is 11.0. The van der Waals surface area contributed by atoms with Gasteiger partial charge in [-0.25, -0.2) is 4.79 Å². The van der Waals surface area contributed by atoms with E-state index in [0.29, 0.717) is 24.3 Å². The maximum absolute atomic E-state index is 12.9. The van der Waals surface area contributed by atoms with Crippen LogP contribution in [0.1, 0.15) is 31.2 Å². The van der Waals surface area contributed by atoms with Gasteiger partial charge in [0.1, 0.15) is 5.75 Å². The van der Waals surface area contributed by atoms with Crippen molar-refractivity contribution in [1.29, 1.82) is 0 Å².